The molecule has 8 aromatic rings. The minimum Gasteiger partial charge on any atom is -0.346 e. The Morgan fingerprint density at radius 3 is 2.08 bits per heavy atom. The van der Waals surface area contributed by atoms with Gasteiger partial charge in [0.2, 0.25) is 0 Å². The summed E-state index contributed by atoms with van der Waals surface area (Å²) in [6.45, 7) is 4.74. The van der Waals surface area contributed by atoms with Crippen LogP contribution in [0, 0.1) is 0 Å². The van der Waals surface area contributed by atoms with Crippen molar-refractivity contribution in [3.05, 3.63) is 198 Å². The predicted octanol–water partition coefficient (Wildman–Crippen LogP) is 11.7. The molecule has 0 bridgehead atoms. The van der Waals surface area contributed by atoms with Crippen LogP contribution >= 0.6 is 0 Å². The van der Waals surface area contributed by atoms with E-state index in [4.69, 9.17) is 4.99 Å². The first kappa shape index (κ1) is 29.5. The SMILES string of the molecule is CC1(C)c2cc3c(cc2-c2c1ccc1ccccc21)c1ccccc1n3-c1cccc(C2=NC(c3ccccc3)=CC(c3ccccc3)=CN2)c1. The van der Waals surface area contributed by atoms with Gasteiger partial charge >= 0.3 is 0 Å². The number of nitrogens with one attached hydrogen (secondary N) is 1. The van der Waals surface area contributed by atoms with E-state index < -0.39 is 0 Å². The van der Waals surface area contributed by atoms with Crippen molar-refractivity contribution < 1.29 is 0 Å². The van der Waals surface area contributed by atoms with Crippen LogP contribution in [0.2, 0.25) is 0 Å². The molecular weight excluding hydrogens is 619 g/mol. The molecule has 7 aromatic carbocycles. The fourth-order valence-electron chi connectivity index (χ4n) is 8.26. The molecule has 0 spiro atoms. The zero-order chi connectivity index (χ0) is 34.1. The highest BCUT2D eigenvalue weighted by atomic mass is 15.0. The number of aromatic nitrogens is 1. The second-order valence-corrected chi connectivity index (χ2v) is 14.1. The molecule has 242 valence electrons. The quantitative estimate of drug-likeness (QED) is 0.201. The van der Waals surface area contributed by atoms with Crippen LogP contribution in [-0.2, 0) is 5.41 Å². The van der Waals surface area contributed by atoms with Crippen LogP contribution in [-0.4, -0.2) is 10.4 Å². The molecule has 0 atom stereocenters. The Bertz CT molecular complexity index is 2780. The summed E-state index contributed by atoms with van der Waals surface area (Å²) < 4.78 is 2.43. The first-order valence-electron chi connectivity index (χ1n) is 17.6. The monoisotopic (exact) mass is 653 g/mol. The normalized spacial score (nSPS) is 14.7. The molecule has 10 rings (SSSR count). The van der Waals surface area contributed by atoms with Gasteiger partial charge in [0.1, 0.15) is 5.84 Å². The number of para-hydroxylation sites is 1. The first-order valence-corrected chi connectivity index (χ1v) is 17.6. The highest BCUT2D eigenvalue weighted by Crippen LogP contribution is 2.53. The van der Waals surface area contributed by atoms with E-state index in [2.05, 4.69) is 182 Å². The summed E-state index contributed by atoms with van der Waals surface area (Å²) in [5, 5.41) is 8.71. The van der Waals surface area contributed by atoms with Gasteiger partial charge < -0.3 is 9.88 Å². The molecule has 3 heteroatoms. The molecule has 3 nitrogen and oxygen atoms in total. The number of amidine groups is 1. The molecule has 0 radical (unpaired) electrons. The van der Waals surface area contributed by atoms with Crippen LogP contribution in [0.4, 0.5) is 0 Å². The summed E-state index contributed by atoms with van der Waals surface area (Å²) in [5.41, 5.74) is 14.1. The molecule has 0 saturated heterocycles. The van der Waals surface area contributed by atoms with Gasteiger partial charge in [0, 0.05) is 39.2 Å². The van der Waals surface area contributed by atoms with E-state index in [1.165, 1.54) is 54.8 Å². The van der Waals surface area contributed by atoms with Gasteiger partial charge in [-0.3, -0.25) is 0 Å². The zero-order valence-electron chi connectivity index (χ0n) is 28.6. The summed E-state index contributed by atoms with van der Waals surface area (Å²) >= 11 is 0. The van der Waals surface area contributed by atoms with Gasteiger partial charge in [0.05, 0.1) is 16.7 Å². The van der Waals surface area contributed by atoms with Gasteiger partial charge in [-0.05, 0) is 80.6 Å². The van der Waals surface area contributed by atoms with Gasteiger partial charge in [-0.15, -0.1) is 0 Å². The second-order valence-electron chi connectivity index (χ2n) is 14.1. The number of aliphatic imine (C=N–C) groups is 1. The maximum absolute atomic E-state index is 5.26. The Hall–Kier alpha value is -6.45. The fourth-order valence-corrected chi connectivity index (χ4v) is 8.26. The number of nitrogens with zero attached hydrogens (tertiary/aromatic N) is 2. The lowest BCUT2D eigenvalue weighted by molar-refractivity contribution is 0.661. The summed E-state index contributed by atoms with van der Waals surface area (Å²) in [6, 6.07) is 56.8. The Balaban J connectivity index is 1.15. The maximum atomic E-state index is 5.26. The van der Waals surface area contributed by atoms with E-state index in [-0.39, 0.29) is 5.41 Å². The van der Waals surface area contributed by atoms with Gasteiger partial charge in [-0.1, -0.05) is 141 Å². The summed E-state index contributed by atoms with van der Waals surface area (Å²) in [7, 11) is 0. The molecule has 1 aliphatic heterocycles. The third-order valence-corrected chi connectivity index (χ3v) is 10.8. The van der Waals surface area contributed by atoms with Crippen LogP contribution in [0.3, 0.4) is 0 Å². The molecule has 2 heterocycles. The molecule has 0 fully saturated rings. The van der Waals surface area contributed by atoms with Crippen molar-refractivity contribution >= 4 is 49.7 Å². The van der Waals surface area contributed by atoms with Crippen LogP contribution in [0.15, 0.2) is 175 Å². The van der Waals surface area contributed by atoms with Crippen molar-refractivity contribution in [3.63, 3.8) is 0 Å². The molecule has 1 aromatic heterocycles. The van der Waals surface area contributed by atoms with Crippen molar-refractivity contribution in [1.82, 2.24) is 9.88 Å². The topological polar surface area (TPSA) is 29.3 Å². The average Bonchev–Trinajstić information content (AvgIpc) is 3.49. The molecule has 0 unspecified atom stereocenters. The average molecular weight is 654 g/mol. The van der Waals surface area contributed by atoms with Crippen molar-refractivity contribution in [2.75, 3.05) is 0 Å². The molecule has 0 saturated carbocycles. The highest BCUT2D eigenvalue weighted by molar-refractivity contribution is 6.14. The third kappa shape index (κ3) is 4.62. The Labute approximate surface area is 297 Å². The largest absolute Gasteiger partial charge is 0.346 e. The van der Waals surface area contributed by atoms with Crippen molar-refractivity contribution in [3.8, 4) is 16.8 Å². The third-order valence-electron chi connectivity index (χ3n) is 10.8. The lowest BCUT2D eigenvalue weighted by Gasteiger charge is -2.22. The van der Waals surface area contributed by atoms with Crippen molar-refractivity contribution in [2.45, 2.75) is 19.3 Å². The molecule has 1 N–H and O–H groups in total. The summed E-state index contributed by atoms with van der Waals surface area (Å²) in [5.74, 6) is 0.808. The number of hydrogen-bond donors (Lipinski definition) is 1. The number of allylic oxidation sites excluding steroid dienone is 2. The molecule has 0 amide bonds. The van der Waals surface area contributed by atoms with Gasteiger partial charge in [-0.2, -0.15) is 0 Å². The zero-order valence-corrected chi connectivity index (χ0v) is 28.6. The molecule has 51 heavy (non-hydrogen) atoms. The van der Waals surface area contributed by atoms with Crippen LogP contribution in [0.25, 0.3) is 60.7 Å². The Morgan fingerprint density at radius 2 is 1.25 bits per heavy atom. The summed E-state index contributed by atoms with van der Waals surface area (Å²) in [6.07, 6.45) is 4.25. The lowest BCUT2D eigenvalue weighted by atomic mass is 9.82. The van der Waals surface area contributed by atoms with Crippen molar-refractivity contribution in [1.29, 1.82) is 0 Å². The maximum Gasteiger partial charge on any atom is 0.138 e. The van der Waals surface area contributed by atoms with Crippen LogP contribution < -0.4 is 5.32 Å². The van der Waals surface area contributed by atoms with Gasteiger partial charge in [-0.25, -0.2) is 4.99 Å². The smallest absolute Gasteiger partial charge is 0.138 e. The minimum absolute atomic E-state index is 0.131. The highest BCUT2D eigenvalue weighted by Gasteiger charge is 2.37. The Kier molecular flexibility index (Phi) is 6.53. The first-order chi connectivity index (χ1) is 25.0. The molecular formula is C48H35N3. The lowest BCUT2D eigenvalue weighted by Crippen LogP contribution is -2.19. The van der Waals surface area contributed by atoms with Gasteiger partial charge in [0.25, 0.3) is 0 Å². The summed E-state index contributed by atoms with van der Waals surface area (Å²) in [4.78, 5) is 5.26. The van der Waals surface area contributed by atoms with Crippen LogP contribution in [0.1, 0.15) is 41.7 Å². The number of hydrogen-bond acceptors (Lipinski definition) is 2. The van der Waals surface area contributed by atoms with Crippen LogP contribution in [0.5, 0.6) is 0 Å². The second kappa shape index (κ2) is 11.3. The number of benzene rings is 7. The Morgan fingerprint density at radius 1 is 0.549 bits per heavy atom. The van der Waals surface area contributed by atoms with E-state index >= 15 is 0 Å². The van der Waals surface area contributed by atoms with Gasteiger partial charge in [0.15, 0.2) is 0 Å². The predicted molar refractivity (Wildman–Crippen MR) is 214 cm³/mol. The number of fused-ring (bicyclic) bond motifs is 8. The standard InChI is InChI=1S/C48H35N3/c1-48(2)41-25-24-32-16-9-10-21-37(32)46(41)40-28-39-38-22-11-12-23-44(38)51(45(39)29-42(40)48)36-20-13-19-34(26-36)47-49-30-35(31-14-5-3-6-15-31)27-43(50-47)33-17-7-4-8-18-33/h3-30H,1-2H3,(H,49,50). The van der Waals surface area contributed by atoms with E-state index in [9.17, 15) is 0 Å². The van der Waals surface area contributed by atoms with E-state index in [1.54, 1.807) is 0 Å². The molecule has 2 aliphatic rings. The minimum atomic E-state index is -0.131. The fraction of sp³-hybridized carbons (Fsp3) is 0.0625. The van der Waals surface area contributed by atoms with Crippen molar-refractivity contribution in [2.24, 2.45) is 4.99 Å². The molecule has 1 aliphatic carbocycles. The number of rotatable bonds is 4. The van der Waals surface area contributed by atoms with E-state index in [0.717, 1.165) is 39.5 Å². The van der Waals surface area contributed by atoms with E-state index in [0.29, 0.717) is 0 Å². The van der Waals surface area contributed by atoms with E-state index in [1.807, 2.05) is 12.1 Å².